The van der Waals surface area contributed by atoms with Crippen molar-refractivity contribution < 1.29 is 23.5 Å². The maximum Gasteiger partial charge on any atom is 0.305 e. The Morgan fingerprint density at radius 3 is 1.70 bits per heavy atom. The second-order valence-electron chi connectivity index (χ2n) is 9.22. The second kappa shape index (κ2) is 13.3. The minimum Gasteiger partial charge on any atom is -0.469 e. The van der Waals surface area contributed by atoms with Gasteiger partial charge >= 0.3 is 11.9 Å². The molecule has 0 atom stereocenters. The molecule has 0 fully saturated rings. The number of rotatable bonds is 13. The van der Waals surface area contributed by atoms with Crippen LogP contribution >= 0.6 is 0 Å². The van der Waals surface area contributed by atoms with Crippen LogP contribution in [0.1, 0.15) is 59.3 Å². The number of hydrogen-bond donors (Lipinski definition) is 0. The van der Waals surface area contributed by atoms with E-state index in [9.17, 15) is 9.59 Å². The van der Waals surface area contributed by atoms with E-state index in [1.54, 1.807) is 0 Å². The highest BCUT2D eigenvalue weighted by Gasteiger charge is 2.49. The Labute approximate surface area is 199 Å². The minimum absolute atomic E-state index is 0.0492. The normalized spacial score (nSPS) is 11.8. The van der Waals surface area contributed by atoms with Crippen LogP contribution in [0.15, 0.2) is 60.7 Å². The third-order valence-electron chi connectivity index (χ3n) is 5.78. The third kappa shape index (κ3) is 7.83. The van der Waals surface area contributed by atoms with Gasteiger partial charge in [0.2, 0.25) is 0 Å². The number of carbonyl (C=O) groups excluding carboxylic acids is 2. The van der Waals surface area contributed by atoms with Gasteiger partial charge in [0.05, 0.1) is 13.7 Å². The van der Waals surface area contributed by atoms with Crippen LogP contribution in [0.3, 0.4) is 0 Å². The SMILES string of the molecule is COC(=O)CCCCC(=O)OCCCCO[Si](c1ccccc1)(c1ccccc1)C(C)(C)C. The lowest BCUT2D eigenvalue weighted by molar-refractivity contribution is -0.145. The minimum atomic E-state index is -2.51. The van der Waals surface area contributed by atoms with Crippen LogP contribution in [0.4, 0.5) is 0 Å². The number of carbonyl (C=O) groups is 2. The molecule has 5 nitrogen and oxygen atoms in total. The number of methoxy groups -OCH3 is 1. The van der Waals surface area contributed by atoms with Crippen LogP contribution in [0.2, 0.25) is 5.04 Å². The molecule has 0 aromatic heterocycles. The van der Waals surface area contributed by atoms with Crippen LogP contribution in [0.5, 0.6) is 0 Å². The zero-order chi connectivity index (χ0) is 24.2. The van der Waals surface area contributed by atoms with Crippen molar-refractivity contribution >= 4 is 30.6 Å². The van der Waals surface area contributed by atoms with Gasteiger partial charge in [-0.05, 0) is 41.1 Å². The molecule has 0 bridgehead atoms. The summed E-state index contributed by atoms with van der Waals surface area (Å²) in [7, 11) is -1.14. The van der Waals surface area contributed by atoms with E-state index in [-0.39, 0.29) is 17.0 Å². The summed E-state index contributed by atoms with van der Waals surface area (Å²) in [5, 5.41) is 2.48. The fraction of sp³-hybridized carbons (Fsp3) is 0.481. The van der Waals surface area contributed by atoms with E-state index in [1.807, 2.05) is 12.1 Å². The van der Waals surface area contributed by atoms with E-state index in [0.717, 1.165) is 12.8 Å². The average Bonchev–Trinajstić information content (AvgIpc) is 2.81. The van der Waals surface area contributed by atoms with Gasteiger partial charge in [-0.15, -0.1) is 0 Å². The molecule has 0 aliphatic rings. The molecule has 0 saturated carbocycles. The zero-order valence-corrected chi connectivity index (χ0v) is 21.5. The smallest absolute Gasteiger partial charge is 0.305 e. The van der Waals surface area contributed by atoms with Crippen molar-refractivity contribution in [2.75, 3.05) is 20.3 Å². The maximum absolute atomic E-state index is 11.9. The van der Waals surface area contributed by atoms with Crippen molar-refractivity contribution in [3.63, 3.8) is 0 Å². The number of unbranched alkanes of at least 4 members (excludes halogenated alkanes) is 2. The number of esters is 2. The van der Waals surface area contributed by atoms with Gasteiger partial charge in [-0.25, -0.2) is 0 Å². The number of ether oxygens (including phenoxy) is 2. The molecule has 2 rings (SSSR count). The summed E-state index contributed by atoms with van der Waals surface area (Å²) in [5.74, 6) is -0.461. The molecule has 0 saturated heterocycles. The first-order chi connectivity index (χ1) is 15.8. The van der Waals surface area contributed by atoms with Gasteiger partial charge in [0.15, 0.2) is 0 Å². The second-order valence-corrected chi connectivity index (χ2v) is 13.5. The zero-order valence-electron chi connectivity index (χ0n) is 20.5. The Morgan fingerprint density at radius 2 is 1.21 bits per heavy atom. The van der Waals surface area contributed by atoms with Crippen LogP contribution in [-0.2, 0) is 23.5 Å². The van der Waals surface area contributed by atoms with Crippen LogP contribution in [0, 0.1) is 0 Å². The predicted molar refractivity (Wildman–Crippen MR) is 134 cm³/mol. The maximum atomic E-state index is 11.9. The summed E-state index contributed by atoms with van der Waals surface area (Å²) in [4.78, 5) is 23.0. The first kappa shape index (κ1) is 26.8. The molecule has 0 spiro atoms. The first-order valence-electron chi connectivity index (χ1n) is 11.8. The molecule has 0 aliphatic heterocycles. The summed E-state index contributed by atoms with van der Waals surface area (Å²) >= 11 is 0. The molecule has 180 valence electrons. The van der Waals surface area contributed by atoms with E-state index in [0.29, 0.717) is 38.9 Å². The standard InChI is InChI=1S/C27H38O5Si/c1-27(2,3)33(23-15-7-5-8-16-23,24-17-9-6-10-18-24)32-22-14-13-21-31-26(29)20-12-11-19-25(28)30-4/h5-10,15-18H,11-14,19-22H2,1-4H3. The van der Waals surface area contributed by atoms with E-state index >= 15 is 0 Å². The van der Waals surface area contributed by atoms with Gasteiger partial charge < -0.3 is 13.9 Å². The predicted octanol–water partition coefficient (Wildman–Crippen LogP) is 4.62. The monoisotopic (exact) mass is 470 g/mol. The topological polar surface area (TPSA) is 61.8 Å². The van der Waals surface area contributed by atoms with E-state index in [4.69, 9.17) is 9.16 Å². The Morgan fingerprint density at radius 1 is 0.727 bits per heavy atom. The molecule has 2 aromatic rings. The lowest BCUT2D eigenvalue weighted by Gasteiger charge is -2.43. The fourth-order valence-corrected chi connectivity index (χ4v) is 8.70. The lowest BCUT2D eigenvalue weighted by atomic mass is 10.2. The number of hydrogen-bond acceptors (Lipinski definition) is 5. The van der Waals surface area contributed by atoms with Gasteiger partial charge in [0.1, 0.15) is 0 Å². The molecule has 0 amide bonds. The Hall–Kier alpha value is -2.44. The Balaban J connectivity index is 1.89. The average molecular weight is 471 g/mol. The molecule has 0 unspecified atom stereocenters. The summed E-state index contributed by atoms with van der Waals surface area (Å²) in [6, 6.07) is 21.2. The summed E-state index contributed by atoms with van der Waals surface area (Å²) in [5.41, 5.74) is 0. The highest BCUT2D eigenvalue weighted by atomic mass is 28.4. The Bertz CT molecular complexity index is 806. The van der Waals surface area contributed by atoms with Gasteiger partial charge in [-0.3, -0.25) is 9.59 Å². The molecular weight excluding hydrogens is 432 g/mol. The molecular formula is C27H38O5Si. The lowest BCUT2D eigenvalue weighted by Crippen LogP contribution is -2.66. The molecule has 6 heteroatoms. The largest absolute Gasteiger partial charge is 0.469 e. The number of benzene rings is 2. The summed E-state index contributed by atoms with van der Waals surface area (Å²) < 4.78 is 16.8. The van der Waals surface area contributed by atoms with Crippen LogP contribution in [0.25, 0.3) is 0 Å². The molecule has 0 heterocycles. The van der Waals surface area contributed by atoms with Gasteiger partial charge in [0.25, 0.3) is 8.32 Å². The quantitative estimate of drug-likeness (QED) is 0.243. The van der Waals surface area contributed by atoms with Crippen molar-refractivity contribution in [2.45, 2.75) is 64.3 Å². The highest BCUT2D eigenvalue weighted by Crippen LogP contribution is 2.36. The first-order valence-corrected chi connectivity index (χ1v) is 13.7. The summed E-state index contributed by atoms with van der Waals surface area (Å²) in [6.45, 7) is 7.80. The van der Waals surface area contributed by atoms with Crippen molar-refractivity contribution in [1.82, 2.24) is 0 Å². The van der Waals surface area contributed by atoms with Gasteiger partial charge in [-0.1, -0.05) is 81.4 Å². The third-order valence-corrected chi connectivity index (χ3v) is 10.8. The van der Waals surface area contributed by atoms with Crippen molar-refractivity contribution in [3.05, 3.63) is 60.7 Å². The van der Waals surface area contributed by atoms with Crippen molar-refractivity contribution in [2.24, 2.45) is 0 Å². The highest BCUT2D eigenvalue weighted by molar-refractivity contribution is 6.99. The fourth-order valence-electron chi connectivity index (χ4n) is 4.09. The summed E-state index contributed by atoms with van der Waals surface area (Å²) in [6.07, 6.45) is 3.50. The van der Waals surface area contributed by atoms with E-state index in [2.05, 4.69) is 74.0 Å². The van der Waals surface area contributed by atoms with Gasteiger partial charge in [-0.2, -0.15) is 0 Å². The molecule has 2 aromatic carbocycles. The van der Waals surface area contributed by atoms with Crippen molar-refractivity contribution in [3.8, 4) is 0 Å². The van der Waals surface area contributed by atoms with Crippen molar-refractivity contribution in [1.29, 1.82) is 0 Å². The Kier molecular flexibility index (Phi) is 10.8. The molecule has 0 radical (unpaired) electrons. The molecule has 33 heavy (non-hydrogen) atoms. The van der Waals surface area contributed by atoms with Crippen LogP contribution < -0.4 is 10.4 Å². The van der Waals surface area contributed by atoms with Gasteiger partial charge in [0, 0.05) is 19.4 Å². The van der Waals surface area contributed by atoms with E-state index in [1.165, 1.54) is 17.5 Å². The van der Waals surface area contributed by atoms with E-state index < -0.39 is 8.32 Å². The van der Waals surface area contributed by atoms with Crippen LogP contribution in [-0.4, -0.2) is 40.6 Å². The molecule has 0 N–H and O–H groups in total. The molecule has 0 aliphatic carbocycles.